The summed E-state index contributed by atoms with van der Waals surface area (Å²) in [6, 6.07) is 5.92. The number of hydrogen-bond donors (Lipinski definition) is 1. The van der Waals surface area contributed by atoms with Gasteiger partial charge >= 0.3 is 0 Å². The van der Waals surface area contributed by atoms with Crippen molar-refractivity contribution in [1.82, 2.24) is 0 Å². The molecular formula is C16H27NO. The van der Waals surface area contributed by atoms with Crippen molar-refractivity contribution >= 4 is 5.69 Å². The zero-order valence-corrected chi connectivity index (χ0v) is 11.9. The van der Waals surface area contributed by atoms with Crippen LogP contribution in [-0.2, 0) is 0 Å². The molecule has 0 heterocycles. The maximum atomic E-state index is 5.84. The second-order valence-corrected chi connectivity index (χ2v) is 4.99. The first kappa shape index (κ1) is 14.9. The van der Waals surface area contributed by atoms with Gasteiger partial charge in [-0.25, -0.2) is 0 Å². The van der Waals surface area contributed by atoms with Gasteiger partial charge in [-0.3, -0.25) is 0 Å². The van der Waals surface area contributed by atoms with Gasteiger partial charge in [0.2, 0.25) is 0 Å². The molecule has 0 aliphatic rings. The lowest BCUT2D eigenvalue weighted by Gasteiger charge is -2.08. The molecule has 0 unspecified atom stereocenters. The zero-order valence-electron chi connectivity index (χ0n) is 11.9. The van der Waals surface area contributed by atoms with Crippen molar-refractivity contribution in [1.29, 1.82) is 0 Å². The summed E-state index contributed by atoms with van der Waals surface area (Å²) in [5, 5.41) is 0. The van der Waals surface area contributed by atoms with Gasteiger partial charge in [0.25, 0.3) is 0 Å². The van der Waals surface area contributed by atoms with Crippen molar-refractivity contribution in [3.05, 3.63) is 23.8 Å². The maximum absolute atomic E-state index is 5.84. The summed E-state index contributed by atoms with van der Waals surface area (Å²) in [6.45, 7) is 5.06. The monoisotopic (exact) mass is 249 g/mol. The first-order valence-corrected chi connectivity index (χ1v) is 7.23. The van der Waals surface area contributed by atoms with Crippen LogP contribution in [0.15, 0.2) is 18.2 Å². The van der Waals surface area contributed by atoms with Crippen LogP contribution in [0.2, 0.25) is 0 Å². The zero-order chi connectivity index (χ0) is 13.2. The standard InChI is InChI=1S/C16H27NO/c1-3-4-5-6-7-8-9-12-18-15-11-10-14(2)16(17)13-15/h10-11,13H,3-9,12,17H2,1-2H3. The van der Waals surface area contributed by atoms with Crippen LogP contribution in [0.1, 0.15) is 57.4 Å². The van der Waals surface area contributed by atoms with E-state index < -0.39 is 0 Å². The number of rotatable bonds is 9. The number of unbranched alkanes of at least 4 members (excludes halogenated alkanes) is 6. The summed E-state index contributed by atoms with van der Waals surface area (Å²) >= 11 is 0. The summed E-state index contributed by atoms with van der Waals surface area (Å²) in [6.07, 6.45) is 9.18. The van der Waals surface area contributed by atoms with E-state index in [2.05, 4.69) is 6.92 Å². The Hall–Kier alpha value is -1.18. The molecule has 102 valence electrons. The molecule has 0 saturated heterocycles. The molecule has 0 fully saturated rings. The molecule has 18 heavy (non-hydrogen) atoms. The smallest absolute Gasteiger partial charge is 0.121 e. The Morgan fingerprint density at radius 1 is 1.00 bits per heavy atom. The van der Waals surface area contributed by atoms with Gasteiger partial charge in [-0.05, 0) is 25.0 Å². The van der Waals surface area contributed by atoms with Crippen LogP contribution in [0.5, 0.6) is 5.75 Å². The highest BCUT2D eigenvalue weighted by Gasteiger charge is 1.97. The Labute approximate surface area is 112 Å². The van der Waals surface area contributed by atoms with E-state index in [0.717, 1.165) is 30.0 Å². The maximum Gasteiger partial charge on any atom is 0.121 e. The summed E-state index contributed by atoms with van der Waals surface area (Å²) < 4.78 is 5.69. The van der Waals surface area contributed by atoms with Crippen LogP contribution in [-0.4, -0.2) is 6.61 Å². The fourth-order valence-electron chi connectivity index (χ4n) is 1.96. The minimum atomic E-state index is 0.802. The number of anilines is 1. The van der Waals surface area contributed by atoms with Crippen molar-refractivity contribution in [2.45, 2.75) is 58.8 Å². The highest BCUT2D eigenvalue weighted by Crippen LogP contribution is 2.19. The lowest BCUT2D eigenvalue weighted by Crippen LogP contribution is -1.98. The molecule has 2 N–H and O–H groups in total. The molecule has 0 aromatic heterocycles. The minimum Gasteiger partial charge on any atom is -0.494 e. The molecule has 1 aromatic rings. The number of ether oxygens (including phenoxy) is 1. The van der Waals surface area contributed by atoms with E-state index in [0.29, 0.717) is 0 Å². The van der Waals surface area contributed by atoms with E-state index in [-0.39, 0.29) is 0 Å². The van der Waals surface area contributed by atoms with Crippen LogP contribution < -0.4 is 10.5 Å². The van der Waals surface area contributed by atoms with Crippen LogP contribution in [0.3, 0.4) is 0 Å². The van der Waals surface area contributed by atoms with Gasteiger partial charge in [0.15, 0.2) is 0 Å². The van der Waals surface area contributed by atoms with Gasteiger partial charge in [0.1, 0.15) is 5.75 Å². The SMILES string of the molecule is CCCCCCCCCOc1ccc(C)c(N)c1. The largest absolute Gasteiger partial charge is 0.494 e. The molecule has 0 aliphatic carbocycles. The third-order valence-corrected chi connectivity index (χ3v) is 3.27. The number of nitrogen functional groups attached to an aromatic ring is 1. The van der Waals surface area contributed by atoms with E-state index in [1.807, 2.05) is 25.1 Å². The van der Waals surface area contributed by atoms with Gasteiger partial charge in [-0.2, -0.15) is 0 Å². The van der Waals surface area contributed by atoms with Crippen LogP contribution in [0.4, 0.5) is 5.69 Å². The van der Waals surface area contributed by atoms with E-state index in [4.69, 9.17) is 10.5 Å². The molecular weight excluding hydrogens is 222 g/mol. The first-order valence-electron chi connectivity index (χ1n) is 7.23. The predicted octanol–water partition coefficient (Wildman–Crippen LogP) is 4.71. The molecule has 2 nitrogen and oxygen atoms in total. The molecule has 0 aliphatic heterocycles. The molecule has 0 radical (unpaired) electrons. The first-order chi connectivity index (χ1) is 8.74. The number of aryl methyl sites for hydroxylation is 1. The number of benzene rings is 1. The molecule has 0 saturated carbocycles. The fraction of sp³-hybridized carbons (Fsp3) is 0.625. The van der Waals surface area contributed by atoms with Crippen molar-refractivity contribution < 1.29 is 4.74 Å². The summed E-state index contributed by atoms with van der Waals surface area (Å²) in [5.74, 6) is 0.893. The van der Waals surface area contributed by atoms with E-state index in [1.165, 1.54) is 38.5 Å². The minimum absolute atomic E-state index is 0.802. The van der Waals surface area contributed by atoms with Crippen LogP contribution in [0, 0.1) is 6.92 Å². The van der Waals surface area contributed by atoms with Gasteiger partial charge in [-0.1, -0.05) is 51.5 Å². The average Bonchev–Trinajstić information content (AvgIpc) is 2.37. The predicted molar refractivity (Wildman–Crippen MR) is 79.1 cm³/mol. The quantitative estimate of drug-likeness (QED) is 0.508. The van der Waals surface area contributed by atoms with Gasteiger partial charge in [0, 0.05) is 11.8 Å². The average molecular weight is 249 g/mol. The highest BCUT2D eigenvalue weighted by molar-refractivity contribution is 5.50. The van der Waals surface area contributed by atoms with Crippen molar-refractivity contribution in [2.24, 2.45) is 0 Å². The topological polar surface area (TPSA) is 35.2 Å². The Kier molecular flexibility index (Phi) is 7.31. The molecule has 0 amide bonds. The molecule has 0 spiro atoms. The van der Waals surface area contributed by atoms with Crippen molar-refractivity contribution in [3.63, 3.8) is 0 Å². The summed E-state index contributed by atoms with van der Waals surface area (Å²) in [7, 11) is 0. The second-order valence-electron chi connectivity index (χ2n) is 4.99. The van der Waals surface area contributed by atoms with Crippen LogP contribution >= 0.6 is 0 Å². The molecule has 1 aromatic carbocycles. The molecule has 1 rings (SSSR count). The Balaban J connectivity index is 2.05. The third kappa shape index (κ3) is 5.95. The van der Waals surface area contributed by atoms with Crippen LogP contribution in [0.25, 0.3) is 0 Å². The lowest BCUT2D eigenvalue weighted by atomic mass is 10.1. The van der Waals surface area contributed by atoms with Crippen molar-refractivity contribution in [3.8, 4) is 5.75 Å². The normalized spacial score (nSPS) is 10.6. The molecule has 0 bridgehead atoms. The number of hydrogen-bond acceptors (Lipinski definition) is 2. The van der Waals surface area contributed by atoms with Gasteiger partial charge in [-0.15, -0.1) is 0 Å². The van der Waals surface area contributed by atoms with Gasteiger partial charge < -0.3 is 10.5 Å². The van der Waals surface area contributed by atoms with E-state index in [1.54, 1.807) is 0 Å². The van der Waals surface area contributed by atoms with E-state index in [9.17, 15) is 0 Å². The second kappa shape index (κ2) is 8.84. The molecule has 0 atom stereocenters. The Morgan fingerprint density at radius 2 is 1.67 bits per heavy atom. The summed E-state index contributed by atoms with van der Waals surface area (Å²) in [5.41, 5.74) is 7.76. The molecule has 2 heteroatoms. The third-order valence-electron chi connectivity index (χ3n) is 3.27. The summed E-state index contributed by atoms with van der Waals surface area (Å²) in [4.78, 5) is 0. The van der Waals surface area contributed by atoms with E-state index >= 15 is 0 Å². The Morgan fingerprint density at radius 3 is 2.33 bits per heavy atom. The highest BCUT2D eigenvalue weighted by atomic mass is 16.5. The lowest BCUT2D eigenvalue weighted by molar-refractivity contribution is 0.304. The Bertz CT molecular complexity index is 336. The number of nitrogens with two attached hydrogens (primary N) is 1. The fourth-order valence-corrected chi connectivity index (χ4v) is 1.96. The van der Waals surface area contributed by atoms with Crippen molar-refractivity contribution in [2.75, 3.05) is 12.3 Å². The van der Waals surface area contributed by atoms with Gasteiger partial charge in [0.05, 0.1) is 6.61 Å².